The smallest absolute Gasteiger partial charge is 0.123 e. The lowest BCUT2D eigenvalue weighted by molar-refractivity contribution is 0.620. The zero-order chi connectivity index (χ0) is 20.5. The predicted molar refractivity (Wildman–Crippen MR) is 120 cm³/mol. The summed E-state index contributed by atoms with van der Waals surface area (Å²) in [6.45, 7) is 4.15. The summed E-state index contributed by atoms with van der Waals surface area (Å²) in [6, 6.07) is 14.9. The molecule has 4 aromatic rings. The van der Waals surface area contributed by atoms with E-state index in [4.69, 9.17) is 4.98 Å². The van der Waals surface area contributed by atoms with Crippen molar-refractivity contribution < 1.29 is 8.78 Å². The van der Waals surface area contributed by atoms with Gasteiger partial charge in [0, 0.05) is 30.0 Å². The molecule has 4 rings (SSSR count). The Morgan fingerprint density at radius 2 is 1.53 bits per heavy atom. The molecule has 0 saturated heterocycles. The average Bonchev–Trinajstić information content (AvgIpc) is 3.02. The topological polar surface area (TPSA) is 31.9 Å². The van der Waals surface area contributed by atoms with Crippen LogP contribution in [0.5, 0.6) is 0 Å². The number of rotatable bonds is 5. The van der Waals surface area contributed by atoms with E-state index in [1.807, 2.05) is 19.3 Å². The Balaban J connectivity index is 0.00000256. The van der Waals surface area contributed by atoms with Crippen LogP contribution in [0.3, 0.4) is 0 Å². The Bertz CT molecular complexity index is 1140. The van der Waals surface area contributed by atoms with Gasteiger partial charge in [0.2, 0.25) is 0 Å². The number of halogens is 3. The van der Waals surface area contributed by atoms with Gasteiger partial charge in [0.25, 0.3) is 0 Å². The molecule has 1 atom stereocenters. The Hall–Kier alpha value is -2.92. The van der Waals surface area contributed by atoms with E-state index in [2.05, 4.69) is 23.7 Å². The van der Waals surface area contributed by atoms with E-state index in [1.165, 1.54) is 29.8 Å². The minimum Gasteiger partial charge on any atom is -0.366 e. The largest absolute Gasteiger partial charge is 0.366 e. The second kappa shape index (κ2) is 8.84. The maximum absolute atomic E-state index is 13.4. The van der Waals surface area contributed by atoms with Gasteiger partial charge < -0.3 is 9.88 Å². The van der Waals surface area contributed by atoms with Gasteiger partial charge in [-0.2, -0.15) is 0 Å². The molecule has 0 aliphatic rings. The summed E-state index contributed by atoms with van der Waals surface area (Å²) in [4.78, 5) is 10.3. The van der Waals surface area contributed by atoms with E-state index >= 15 is 0 Å². The van der Waals surface area contributed by atoms with E-state index in [0.29, 0.717) is 6.42 Å². The van der Waals surface area contributed by atoms with Gasteiger partial charge in [-0.3, -0.25) is 4.98 Å². The molecule has 3 nitrogen and oxygen atoms in total. The van der Waals surface area contributed by atoms with Crippen LogP contribution in [0.2, 0.25) is 0 Å². The summed E-state index contributed by atoms with van der Waals surface area (Å²) in [5.41, 5.74) is 6.12. The summed E-state index contributed by atoms with van der Waals surface area (Å²) in [5, 5.41) is 1.14. The molecular weight excluding hydrogens is 404 g/mol. The van der Waals surface area contributed by atoms with E-state index in [0.717, 1.165) is 33.5 Å². The van der Waals surface area contributed by atoms with Crippen molar-refractivity contribution >= 4 is 29.0 Å². The summed E-state index contributed by atoms with van der Waals surface area (Å²) in [5.74, 6) is -0.527. The molecule has 2 heterocycles. The van der Waals surface area contributed by atoms with Crippen molar-refractivity contribution in [2.75, 3.05) is 11.9 Å². The molecule has 0 aliphatic heterocycles. The van der Waals surface area contributed by atoms with Gasteiger partial charge in [-0.1, -0.05) is 12.1 Å². The SMILES string of the molecule is Cc1[nH]c2c(C(Cc3ccc(F)cc3)N(C)c3ccc(F)cc3)nccc2c1C.Cl. The first-order valence-corrected chi connectivity index (χ1v) is 9.60. The molecule has 2 aromatic carbocycles. The monoisotopic (exact) mass is 427 g/mol. The summed E-state index contributed by atoms with van der Waals surface area (Å²) in [7, 11) is 1.98. The summed E-state index contributed by atoms with van der Waals surface area (Å²) < 4.78 is 26.8. The van der Waals surface area contributed by atoms with Gasteiger partial charge in [-0.15, -0.1) is 12.4 Å². The molecule has 1 unspecified atom stereocenters. The molecule has 0 fully saturated rings. The molecule has 6 heteroatoms. The van der Waals surface area contributed by atoms with Crippen molar-refractivity contribution in [3.8, 4) is 0 Å². The van der Waals surface area contributed by atoms with Crippen LogP contribution in [0.4, 0.5) is 14.5 Å². The van der Waals surface area contributed by atoms with Crippen molar-refractivity contribution in [1.29, 1.82) is 0 Å². The fourth-order valence-corrected chi connectivity index (χ4v) is 3.77. The van der Waals surface area contributed by atoms with Crippen LogP contribution in [-0.4, -0.2) is 17.0 Å². The number of H-pyrrole nitrogens is 1. The van der Waals surface area contributed by atoms with Crippen LogP contribution in [0.1, 0.15) is 28.6 Å². The Kier molecular flexibility index (Phi) is 6.42. The molecule has 0 amide bonds. The maximum Gasteiger partial charge on any atom is 0.123 e. The summed E-state index contributed by atoms with van der Waals surface area (Å²) >= 11 is 0. The van der Waals surface area contributed by atoms with Crippen LogP contribution >= 0.6 is 12.4 Å². The number of aromatic nitrogens is 2. The highest BCUT2D eigenvalue weighted by molar-refractivity contribution is 5.86. The summed E-state index contributed by atoms with van der Waals surface area (Å²) in [6.07, 6.45) is 2.46. The number of pyridine rings is 1. The van der Waals surface area contributed by atoms with Crippen molar-refractivity contribution in [1.82, 2.24) is 9.97 Å². The van der Waals surface area contributed by atoms with Crippen molar-refractivity contribution in [3.63, 3.8) is 0 Å². The lowest BCUT2D eigenvalue weighted by atomic mass is 9.99. The number of hydrogen-bond donors (Lipinski definition) is 1. The fraction of sp³-hybridized carbons (Fsp3) is 0.208. The van der Waals surface area contributed by atoms with Crippen LogP contribution in [0.25, 0.3) is 10.9 Å². The first-order valence-electron chi connectivity index (χ1n) is 9.60. The molecule has 156 valence electrons. The average molecular weight is 428 g/mol. The molecular formula is C24H24ClF2N3. The maximum atomic E-state index is 13.4. The first kappa shape index (κ1) is 21.8. The number of nitrogens with one attached hydrogen (secondary N) is 1. The predicted octanol–water partition coefficient (Wildman–Crippen LogP) is 6.30. The molecule has 0 bridgehead atoms. The van der Waals surface area contributed by atoms with Gasteiger partial charge in [0.05, 0.1) is 17.3 Å². The fourth-order valence-electron chi connectivity index (χ4n) is 3.77. The van der Waals surface area contributed by atoms with Gasteiger partial charge in [0.15, 0.2) is 0 Å². The number of benzene rings is 2. The first-order chi connectivity index (χ1) is 13.9. The Morgan fingerprint density at radius 1 is 0.933 bits per heavy atom. The standard InChI is InChI=1S/C24H23F2N3.ClH/c1-15-16(2)28-23-21(15)12-13-27-24(23)22(14-17-4-6-18(25)7-5-17)29(3)20-10-8-19(26)9-11-20;/h4-13,22,28H,14H2,1-3H3;1H. The Labute approximate surface area is 181 Å². The zero-order valence-corrected chi connectivity index (χ0v) is 17.9. The van der Waals surface area contributed by atoms with Crippen LogP contribution in [-0.2, 0) is 6.42 Å². The highest BCUT2D eigenvalue weighted by Crippen LogP contribution is 2.33. The third kappa shape index (κ3) is 4.17. The lowest BCUT2D eigenvalue weighted by Gasteiger charge is -2.30. The quantitative estimate of drug-likeness (QED) is 0.405. The number of nitrogens with zero attached hydrogens (tertiary/aromatic N) is 2. The van der Waals surface area contributed by atoms with Gasteiger partial charge in [0.1, 0.15) is 11.6 Å². The number of aryl methyl sites for hydroxylation is 2. The van der Waals surface area contributed by atoms with Gasteiger partial charge in [-0.05, 0) is 73.9 Å². The molecule has 2 aromatic heterocycles. The molecule has 0 saturated carbocycles. The second-order valence-corrected chi connectivity index (χ2v) is 7.43. The van der Waals surface area contributed by atoms with Gasteiger partial charge >= 0.3 is 0 Å². The van der Waals surface area contributed by atoms with Crippen molar-refractivity contribution in [2.24, 2.45) is 0 Å². The highest BCUT2D eigenvalue weighted by atomic mass is 35.5. The van der Waals surface area contributed by atoms with Crippen LogP contribution in [0, 0.1) is 25.5 Å². The lowest BCUT2D eigenvalue weighted by Crippen LogP contribution is -2.27. The number of anilines is 1. The second-order valence-electron chi connectivity index (χ2n) is 7.43. The number of fused-ring (bicyclic) bond motifs is 1. The number of aromatic amines is 1. The normalized spacial score (nSPS) is 11.9. The van der Waals surface area contributed by atoms with Crippen molar-refractivity contribution in [3.05, 3.63) is 94.9 Å². The van der Waals surface area contributed by atoms with Crippen LogP contribution < -0.4 is 4.90 Å². The molecule has 0 radical (unpaired) electrons. The molecule has 1 N–H and O–H groups in total. The number of hydrogen-bond acceptors (Lipinski definition) is 2. The minimum absolute atomic E-state index is 0. The van der Waals surface area contributed by atoms with E-state index < -0.39 is 0 Å². The molecule has 30 heavy (non-hydrogen) atoms. The van der Waals surface area contributed by atoms with Crippen LogP contribution in [0.15, 0.2) is 60.8 Å². The van der Waals surface area contributed by atoms with Gasteiger partial charge in [-0.25, -0.2) is 8.78 Å². The molecule has 0 aliphatic carbocycles. The van der Waals surface area contributed by atoms with Crippen molar-refractivity contribution in [2.45, 2.75) is 26.3 Å². The zero-order valence-electron chi connectivity index (χ0n) is 17.1. The number of likely N-dealkylation sites (N-methyl/N-ethyl adjacent to an activating group) is 1. The van der Waals surface area contributed by atoms with E-state index in [-0.39, 0.29) is 30.1 Å². The Morgan fingerprint density at radius 3 is 2.17 bits per heavy atom. The third-order valence-electron chi connectivity index (χ3n) is 5.62. The highest BCUT2D eigenvalue weighted by Gasteiger charge is 2.23. The van der Waals surface area contributed by atoms with E-state index in [1.54, 1.807) is 24.3 Å². The molecule has 0 spiro atoms. The van der Waals surface area contributed by atoms with E-state index in [9.17, 15) is 8.78 Å². The minimum atomic E-state index is -0.270. The third-order valence-corrected chi connectivity index (χ3v) is 5.62.